The first-order chi connectivity index (χ1) is 16.8. The third-order valence-corrected chi connectivity index (χ3v) is 6.11. The van der Waals surface area contributed by atoms with Gasteiger partial charge in [-0.3, -0.25) is 4.90 Å². The molecule has 38 heavy (non-hydrogen) atoms. The van der Waals surface area contributed by atoms with Crippen LogP contribution in [-0.4, -0.2) is 53.2 Å². The van der Waals surface area contributed by atoms with Crippen LogP contribution in [0.2, 0.25) is 0 Å². The van der Waals surface area contributed by atoms with Gasteiger partial charge in [-0.05, 0) is 53.9 Å². The molecule has 0 spiro atoms. The lowest BCUT2D eigenvalue weighted by Gasteiger charge is -2.39. The van der Waals surface area contributed by atoms with Gasteiger partial charge < -0.3 is 20.5 Å². The molecule has 1 aliphatic heterocycles. The van der Waals surface area contributed by atoms with Crippen LogP contribution in [0.1, 0.15) is 18.1 Å². The number of carboxylic acids is 1. The van der Waals surface area contributed by atoms with Gasteiger partial charge in [-0.2, -0.15) is 4.98 Å². The minimum absolute atomic E-state index is 0. The van der Waals surface area contributed by atoms with Gasteiger partial charge in [-0.15, -0.1) is 37.2 Å². The average molecular weight is 592 g/mol. The first kappa shape index (κ1) is 33.3. The number of carbonyl (C=O) groups is 1. The molecule has 4 rings (SSSR count). The van der Waals surface area contributed by atoms with Gasteiger partial charge in [0.25, 0.3) is 5.88 Å². The van der Waals surface area contributed by atoms with E-state index in [0.29, 0.717) is 31.5 Å². The van der Waals surface area contributed by atoms with Crippen LogP contribution in [0.5, 0.6) is 11.6 Å². The van der Waals surface area contributed by atoms with E-state index in [1.165, 1.54) is 4.90 Å². The van der Waals surface area contributed by atoms with Crippen LogP contribution in [0.25, 0.3) is 11.1 Å². The second-order valence-electron chi connectivity index (χ2n) is 8.56. The number of piperazine rings is 1. The van der Waals surface area contributed by atoms with Crippen molar-refractivity contribution in [3.05, 3.63) is 71.3 Å². The SMILES string of the molecule is CCN1CCN(c2nc(Oc3cc(C)cc(-c4cccc(CN)c4)c3)c(F)cc2F)C(C(=O)O)C1.Cl.Cl.Cl. The highest BCUT2D eigenvalue weighted by atomic mass is 35.5. The van der Waals surface area contributed by atoms with Crippen molar-refractivity contribution in [1.82, 2.24) is 9.88 Å². The van der Waals surface area contributed by atoms with Gasteiger partial charge in [0.2, 0.25) is 0 Å². The van der Waals surface area contributed by atoms with Gasteiger partial charge in [0.1, 0.15) is 11.8 Å². The molecule has 208 valence electrons. The van der Waals surface area contributed by atoms with E-state index >= 15 is 0 Å². The molecule has 2 aromatic carbocycles. The van der Waals surface area contributed by atoms with Crippen LogP contribution in [0, 0.1) is 18.6 Å². The van der Waals surface area contributed by atoms with Crippen molar-refractivity contribution in [1.29, 1.82) is 0 Å². The Morgan fingerprint density at radius 3 is 2.47 bits per heavy atom. The van der Waals surface area contributed by atoms with Crippen molar-refractivity contribution in [2.75, 3.05) is 31.1 Å². The van der Waals surface area contributed by atoms with E-state index in [9.17, 15) is 18.7 Å². The summed E-state index contributed by atoms with van der Waals surface area (Å²) in [6.45, 7) is 5.89. The number of hydrogen-bond donors (Lipinski definition) is 2. The molecule has 0 bridgehead atoms. The number of hydrogen-bond acceptors (Lipinski definition) is 6. The van der Waals surface area contributed by atoms with Crippen LogP contribution < -0.4 is 15.4 Å². The number of likely N-dealkylation sites (N-methyl/N-ethyl adjacent to an activating group) is 1. The van der Waals surface area contributed by atoms with Crippen molar-refractivity contribution in [2.45, 2.75) is 26.4 Å². The van der Waals surface area contributed by atoms with Crippen molar-refractivity contribution >= 4 is 49.0 Å². The number of aromatic nitrogens is 1. The van der Waals surface area contributed by atoms with Gasteiger partial charge in [0, 0.05) is 32.2 Å². The molecule has 3 N–H and O–H groups in total. The van der Waals surface area contributed by atoms with Gasteiger partial charge in [-0.1, -0.05) is 31.2 Å². The number of rotatable bonds is 7. The Labute approximate surface area is 239 Å². The Balaban J connectivity index is 0.00000241. The number of benzene rings is 2. The molecule has 7 nitrogen and oxygen atoms in total. The first-order valence-corrected chi connectivity index (χ1v) is 11.5. The maximum Gasteiger partial charge on any atom is 0.327 e. The smallest absolute Gasteiger partial charge is 0.327 e. The normalized spacial score (nSPS) is 15.1. The van der Waals surface area contributed by atoms with E-state index in [4.69, 9.17) is 10.5 Å². The standard InChI is InChI=1S/C26H28F2N4O3.3ClH/c1-3-31-7-8-32(23(15-31)26(33)34)24-21(27)13-22(28)25(30-24)35-20-10-16(2)9-19(12-20)18-6-4-5-17(11-18)14-29;;;/h4-6,9-13,23H,3,7-8,14-15,29H2,1-2H3,(H,33,34);3*1H. The molecule has 0 saturated carbocycles. The summed E-state index contributed by atoms with van der Waals surface area (Å²) >= 11 is 0. The fraction of sp³-hybridized carbons (Fsp3) is 0.308. The quantitative estimate of drug-likeness (QED) is 0.378. The number of aryl methyl sites for hydroxylation is 1. The van der Waals surface area contributed by atoms with Gasteiger partial charge in [0.15, 0.2) is 17.5 Å². The zero-order chi connectivity index (χ0) is 25.1. The Kier molecular flexibility index (Phi) is 12.7. The number of nitrogens with two attached hydrogens (primary N) is 1. The summed E-state index contributed by atoms with van der Waals surface area (Å²) in [6.07, 6.45) is 0. The molecular weight excluding hydrogens is 561 g/mol. The predicted molar refractivity (Wildman–Crippen MR) is 151 cm³/mol. The van der Waals surface area contributed by atoms with Crippen molar-refractivity contribution in [3.63, 3.8) is 0 Å². The topological polar surface area (TPSA) is 91.9 Å². The highest BCUT2D eigenvalue weighted by Crippen LogP contribution is 2.33. The predicted octanol–water partition coefficient (Wildman–Crippen LogP) is 5.45. The highest BCUT2D eigenvalue weighted by molar-refractivity contribution is 5.86. The van der Waals surface area contributed by atoms with Crippen LogP contribution in [0.15, 0.2) is 48.5 Å². The second-order valence-corrected chi connectivity index (χ2v) is 8.56. The molecule has 2 heterocycles. The van der Waals surface area contributed by atoms with Gasteiger partial charge in [-0.25, -0.2) is 13.6 Å². The first-order valence-electron chi connectivity index (χ1n) is 11.5. The summed E-state index contributed by atoms with van der Waals surface area (Å²) in [6, 6.07) is 12.9. The summed E-state index contributed by atoms with van der Waals surface area (Å²) in [5.41, 5.74) is 9.38. The van der Waals surface area contributed by atoms with E-state index in [-0.39, 0.29) is 56.1 Å². The molecule has 0 amide bonds. The zero-order valence-corrected chi connectivity index (χ0v) is 23.3. The molecule has 0 radical (unpaired) electrons. The fourth-order valence-electron chi connectivity index (χ4n) is 4.27. The van der Waals surface area contributed by atoms with Crippen molar-refractivity contribution in [2.24, 2.45) is 5.73 Å². The molecular formula is C26H31Cl3F2N4O3. The monoisotopic (exact) mass is 590 g/mol. The molecule has 1 saturated heterocycles. The third kappa shape index (κ3) is 7.45. The highest BCUT2D eigenvalue weighted by Gasteiger charge is 2.34. The van der Waals surface area contributed by atoms with E-state index in [1.807, 2.05) is 49.1 Å². The van der Waals surface area contributed by atoms with Gasteiger partial charge in [0.05, 0.1) is 0 Å². The van der Waals surface area contributed by atoms with Crippen LogP contribution >= 0.6 is 37.2 Å². The number of ether oxygens (including phenoxy) is 1. The number of pyridine rings is 1. The van der Waals surface area contributed by atoms with Crippen LogP contribution in [0.3, 0.4) is 0 Å². The molecule has 1 aromatic heterocycles. The number of nitrogens with zero attached hydrogens (tertiary/aromatic N) is 3. The number of carboxylic acid groups (broad SMARTS) is 1. The van der Waals surface area contributed by atoms with Gasteiger partial charge >= 0.3 is 5.97 Å². The lowest BCUT2D eigenvalue weighted by atomic mass is 10.0. The molecule has 1 unspecified atom stereocenters. The zero-order valence-electron chi connectivity index (χ0n) is 20.9. The van der Waals surface area contributed by atoms with Crippen LogP contribution in [-0.2, 0) is 11.3 Å². The minimum Gasteiger partial charge on any atom is -0.480 e. The molecule has 1 aliphatic rings. The fourth-order valence-corrected chi connectivity index (χ4v) is 4.27. The second kappa shape index (κ2) is 14.5. The Morgan fingerprint density at radius 1 is 1.08 bits per heavy atom. The lowest BCUT2D eigenvalue weighted by Crippen LogP contribution is -2.57. The van der Waals surface area contributed by atoms with E-state index < -0.39 is 29.5 Å². The summed E-state index contributed by atoms with van der Waals surface area (Å²) in [5, 5.41) is 9.71. The largest absolute Gasteiger partial charge is 0.480 e. The summed E-state index contributed by atoms with van der Waals surface area (Å²) < 4.78 is 35.2. The van der Waals surface area contributed by atoms with E-state index in [1.54, 1.807) is 12.1 Å². The van der Waals surface area contributed by atoms with Crippen molar-refractivity contribution in [3.8, 4) is 22.8 Å². The number of halogens is 5. The van der Waals surface area contributed by atoms with Crippen LogP contribution in [0.4, 0.5) is 14.6 Å². The third-order valence-electron chi connectivity index (χ3n) is 6.11. The van der Waals surface area contributed by atoms with Crippen molar-refractivity contribution < 1.29 is 23.4 Å². The van der Waals surface area contributed by atoms with E-state index in [0.717, 1.165) is 22.3 Å². The minimum atomic E-state index is -1.10. The molecule has 1 atom stereocenters. The maximum atomic E-state index is 14.8. The Morgan fingerprint density at radius 2 is 1.82 bits per heavy atom. The van der Waals surface area contributed by atoms with E-state index in [2.05, 4.69) is 4.98 Å². The summed E-state index contributed by atoms with van der Waals surface area (Å²) in [7, 11) is 0. The number of aliphatic carboxylic acids is 1. The number of anilines is 1. The molecule has 3 aromatic rings. The average Bonchev–Trinajstić information content (AvgIpc) is 2.85. The molecule has 12 heteroatoms. The molecule has 0 aliphatic carbocycles. The lowest BCUT2D eigenvalue weighted by molar-refractivity contribution is -0.139. The summed E-state index contributed by atoms with van der Waals surface area (Å²) in [4.78, 5) is 19.3. The Bertz CT molecular complexity index is 1250. The maximum absolute atomic E-state index is 14.8. The molecule has 1 fully saturated rings. The Hall–Kier alpha value is -2.69. The summed E-state index contributed by atoms with van der Waals surface area (Å²) in [5.74, 6) is -3.34.